The lowest BCUT2D eigenvalue weighted by atomic mass is 10.2. The molecule has 2 aromatic carbocycles. The first-order valence-electron chi connectivity index (χ1n) is 9.75. The molecule has 0 radical (unpaired) electrons. The molecule has 32 heavy (non-hydrogen) atoms. The number of phenolic OH excluding ortho intramolecular Hbond substituents is 1. The number of hydrazone groups is 1. The summed E-state index contributed by atoms with van der Waals surface area (Å²) in [6, 6.07) is 14.8. The molecule has 10 heteroatoms. The molecule has 1 heterocycles. The van der Waals surface area contributed by atoms with Crippen LogP contribution < -0.4 is 15.5 Å². The van der Waals surface area contributed by atoms with Crippen LogP contribution in [0.2, 0.25) is 0 Å². The van der Waals surface area contributed by atoms with E-state index in [-0.39, 0.29) is 17.4 Å². The number of carbonyl (C=O) groups is 1. The summed E-state index contributed by atoms with van der Waals surface area (Å²) in [6.45, 7) is 4.80. The number of para-hydroxylation sites is 2. The fraction of sp³-hybridized carbons (Fsp3) is 0.182. The van der Waals surface area contributed by atoms with Gasteiger partial charge in [-0.05, 0) is 24.3 Å². The second-order valence-corrected chi connectivity index (χ2v) is 7.44. The van der Waals surface area contributed by atoms with Crippen molar-refractivity contribution in [2.45, 2.75) is 18.2 Å². The molecule has 166 valence electrons. The summed E-state index contributed by atoms with van der Waals surface area (Å²) in [4.78, 5) is 12.2. The number of carbonyl (C=O) groups excluding carboxylic acids is 1. The minimum atomic E-state index is -0.314. The number of aromatic hydroxyl groups is 1. The van der Waals surface area contributed by atoms with Crippen molar-refractivity contribution < 1.29 is 14.6 Å². The molecule has 1 amide bonds. The molecule has 9 nitrogen and oxygen atoms in total. The maximum Gasteiger partial charge on any atom is 0.250 e. The first-order valence-corrected chi connectivity index (χ1v) is 10.7. The lowest BCUT2D eigenvalue weighted by Gasteiger charge is -2.09. The Labute approximate surface area is 190 Å². The first kappa shape index (κ1) is 22.9. The average molecular weight is 453 g/mol. The van der Waals surface area contributed by atoms with Crippen LogP contribution in [0.3, 0.4) is 0 Å². The van der Waals surface area contributed by atoms with E-state index in [1.165, 1.54) is 25.1 Å². The SMILES string of the molecule is C=CCn1c(CNc2ccccc2)nnc1SCC(=O)N/N=C/c1cccc(OC)c1O. The van der Waals surface area contributed by atoms with Gasteiger partial charge in [-0.25, -0.2) is 5.43 Å². The van der Waals surface area contributed by atoms with Gasteiger partial charge in [-0.15, -0.1) is 16.8 Å². The number of nitrogens with zero attached hydrogens (tertiary/aromatic N) is 4. The highest BCUT2D eigenvalue weighted by Gasteiger charge is 2.13. The number of benzene rings is 2. The van der Waals surface area contributed by atoms with Gasteiger partial charge in [0.25, 0.3) is 5.91 Å². The molecule has 3 N–H and O–H groups in total. The second kappa shape index (κ2) is 11.6. The molecular weight excluding hydrogens is 428 g/mol. The lowest BCUT2D eigenvalue weighted by Crippen LogP contribution is -2.20. The van der Waals surface area contributed by atoms with E-state index >= 15 is 0 Å². The number of nitrogens with one attached hydrogen (secondary N) is 2. The van der Waals surface area contributed by atoms with Crippen LogP contribution in [0.25, 0.3) is 0 Å². The number of hydrogen-bond donors (Lipinski definition) is 3. The number of methoxy groups -OCH3 is 1. The van der Waals surface area contributed by atoms with Crippen LogP contribution in [0.1, 0.15) is 11.4 Å². The van der Waals surface area contributed by atoms with Crippen molar-refractivity contribution in [2.75, 3.05) is 18.2 Å². The van der Waals surface area contributed by atoms with E-state index in [1.807, 2.05) is 34.9 Å². The van der Waals surface area contributed by atoms with Gasteiger partial charge in [0, 0.05) is 17.8 Å². The molecule has 3 rings (SSSR count). The van der Waals surface area contributed by atoms with Crippen LogP contribution in [-0.2, 0) is 17.9 Å². The van der Waals surface area contributed by atoms with Crippen molar-refractivity contribution in [1.82, 2.24) is 20.2 Å². The van der Waals surface area contributed by atoms with Gasteiger partial charge in [0.05, 0.1) is 25.6 Å². The summed E-state index contributed by atoms with van der Waals surface area (Å²) in [5, 5.41) is 26.3. The van der Waals surface area contributed by atoms with E-state index in [9.17, 15) is 9.90 Å². The molecule has 0 spiro atoms. The maximum atomic E-state index is 12.2. The largest absolute Gasteiger partial charge is 0.504 e. The number of hydrogen-bond acceptors (Lipinski definition) is 8. The lowest BCUT2D eigenvalue weighted by molar-refractivity contribution is -0.118. The zero-order valence-corrected chi connectivity index (χ0v) is 18.4. The summed E-state index contributed by atoms with van der Waals surface area (Å²) < 4.78 is 6.95. The molecule has 0 aliphatic rings. The smallest absolute Gasteiger partial charge is 0.250 e. The fourth-order valence-corrected chi connectivity index (χ4v) is 3.51. The fourth-order valence-electron chi connectivity index (χ4n) is 2.75. The van der Waals surface area contributed by atoms with Crippen LogP contribution in [-0.4, -0.2) is 44.9 Å². The van der Waals surface area contributed by atoms with E-state index in [0.29, 0.717) is 29.6 Å². The summed E-state index contributed by atoms with van der Waals surface area (Å²) in [6.07, 6.45) is 3.11. The first-order chi connectivity index (χ1) is 15.6. The minimum absolute atomic E-state index is 0.0449. The van der Waals surface area contributed by atoms with Crippen molar-refractivity contribution in [3.05, 3.63) is 72.6 Å². The standard InChI is InChI=1S/C22H24N6O3S/c1-3-12-28-19(14-23-17-9-5-4-6-10-17)25-27-22(28)32-15-20(29)26-24-13-16-8-7-11-18(31-2)21(16)30/h3-11,13,23,30H,1,12,14-15H2,2H3,(H,26,29)/b24-13+. The molecule has 3 aromatic rings. The van der Waals surface area contributed by atoms with Gasteiger partial charge in [-0.3, -0.25) is 4.79 Å². The Kier molecular flexibility index (Phi) is 8.27. The molecule has 0 bridgehead atoms. The quantitative estimate of drug-likeness (QED) is 0.177. The Balaban J connectivity index is 1.56. The van der Waals surface area contributed by atoms with Crippen LogP contribution in [0.15, 0.2) is 71.4 Å². The Bertz CT molecular complexity index is 1080. The van der Waals surface area contributed by atoms with Gasteiger partial charge in [0.15, 0.2) is 22.5 Å². The van der Waals surface area contributed by atoms with Crippen molar-refractivity contribution in [1.29, 1.82) is 0 Å². The number of ether oxygens (including phenoxy) is 1. The van der Waals surface area contributed by atoms with Gasteiger partial charge in [-0.2, -0.15) is 5.10 Å². The molecular formula is C22H24N6O3S. The summed E-state index contributed by atoms with van der Waals surface area (Å²) in [7, 11) is 1.46. The zero-order valence-electron chi connectivity index (χ0n) is 17.6. The number of phenols is 1. The molecule has 0 fully saturated rings. The van der Waals surface area contributed by atoms with Crippen molar-refractivity contribution in [3.63, 3.8) is 0 Å². The third-order valence-corrected chi connectivity index (χ3v) is 5.27. The van der Waals surface area contributed by atoms with Gasteiger partial charge in [-0.1, -0.05) is 42.1 Å². The van der Waals surface area contributed by atoms with E-state index in [2.05, 4.69) is 32.6 Å². The number of rotatable bonds is 11. The average Bonchev–Trinajstić information content (AvgIpc) is 3.20. The molecule has 0 saturated carbocycles. The molecule has 1 aromatic heterocycles. The molecule has 0 saturated heterocycles. The normalized spacial score (nSPS) is 10.8. The summed E-state index contributed by atoms with van der Waals surface area (Å²) >= 11 is 1.25. The number of allylic oxidation sites excluding steroid dienone is 1. The van der Waals surface area contributed by atoms with Gasteiger partial charge < -0.3 is 19.7 Å². The third-order valence-electron chi connectivity index (χ3n) is 4.30. The molecule has 0 atom stereocenters. The minimum Gasteiger partial charge on any atom is -0.504 e. The van der Waals surface area contributed by atoms with Gasteiger partial charge >= 0.3 is 0 Å². The Morgan fingerprint density at radius 1 is 1.25 bits per heavy atom. The Morgan fingerprint density at radius 2 is 2.06 bits per heavy atom. The molecule has 0 aliphatic heterocycles. The number of thioether (sulfide) groups is 1. The Morgan fingerprint density at radius 3 is 2.81 bits per heavy atom. The summed E-state index contributed by atoms with van der Waals surface area (Å²) in [5.74, 6) is 0.809. The second-order valence-electron chi connectivity index (χ2n) is 6.50. The predicted octanol–water partition coefficient (Wildman–Crippen LogP) is 3.03. The van der Waals surface area contributed by atoms with Crippen LogP contribution in [0.5, 0.6) is 11.5 Å². The van der Waals surface area contributed by atoms with Crippen LogP contribution in [0.4, 0.5) is 5.69 Å². The van der Waals surface area contributed by atoms with Crippen LogP contribution in [0, 0.1) is 0 Å². The monoisotopic (exact) mass is 452 g/mol. The predicted molar refractivity (Wildman–Crippen MR) is 125 cm³/mol. The Hall–Kier alpha value is -3.79. The van der Waals surface area contributed by atoms with Gasteiger partial charge in [0.1, 0.15) is 0 Å². The van der Waals surface area contributed by atoms with Crippen molar-refractivity contribution in [3.8, 4) is 11.5 Å². The highest BCUT2D eigenvalue weighted by atomic mass is 32.2. The highest BCUT2D eigenvalue weighted by molar-refractivity contribution is 7.99. The zero-order chi connectivity index (χ0) is 22.8. The topological polar surface area (TPSA) is 114 Å². The van der Waals surface area contributed by atoms with E-state index in [4.69, 9.17) is 4.74 Å². The summed E-state index contributed by atoms with van der Waals surface area (Å²) in [5.41, 5.74) is 3.85. The molecule has 0 aliphatic carbocycles. The van der Waals surface area contributed by atoms with Gasteiger partial charge in [0.2, 0.25) is 0 Å². The van der Waals surface area contributed by atoms with E-state index in [1.54, 1.807) is 24.3 Å². The van der Waals surface area contributed by atoms with E-state index in [0.717, 1.165) is 11.5 Å². The van der Waals surface area contributed by atoms with Crippen LogP contribution >= 0.6 is 11.8 Å². The third kappa shape index (κ3) is 6.11. The van der Waals surface area contributed by atoms with Crippen molar-refractivity contribution >= 4 is 29.6 Å². The maximum absolute atomic E-state index is 12.2. The highest BCUT2D eigenvalue weighted by Crippen LogP contribution is 2.27. The number of aromatic nitrogens is 3. The number of anilines is 1. The molecule has 0 unspecified atom stereocenters. The number of amides is 1. The van der Waals surface area contributed by atoms with E-state index < -0.39 is 0 Å². The van der Waals surface area contributed by atoms with Crippen molar-refractivity contribution in [2.24, 2.45) is 5.10 Å².